The van der Waals surface area contributed by atoms with Crippen LogP contribution in [0.15, 0.2) is 28.7 Å². The van der Waals surface area contributed by atoms with Gasteiger partial charge in [-0.2, -0.15) is 0 Å². The fourth-order valence-electron chi connectivity index (χ4n) is 3.18. The lowest BCUT2D eigenvalue weighted by Gasteiger charge is -2.59. The standard InChI is InChI=1S/C13H15BrO/c14-11-4-2-10(3-5-11)13(15)8-12(9-13)6-1-7-12/h2-5,15H,1,6-9H2. The zero-order valence-electron chi connectivity index (χ0n) is 8.67. The summed E-state index contributed by atoms with van der Waals surface area (Å²) in [6.07, 6.45) is 5.96. The van der Waals surface area contributed by atoms with Crippen LogP contribution in [0, 0.1) is 5.41 Å². The summed E-state index contributed by atoms with van der Waals surface area (Å²) in [6.45, 7) is 0. The second-order valence-electron chi connectivity index (χ2n) is 5.25. The number of hydrogen-bond donors (Lipinski definition) is 1. The Hall–Kier alpha value is -0.340. The van der Waals surface area contributed by atoms with Crippen LogP contribution in [0.25, 0.3) is 0 Å². The van der Waals surface area contributed by atoms with Crippen molar-refractivity contribution in [2.24, 2.45) is 5.41 Å². The van der Waals surface area contributed by atoms with Crippen molar-refractivity contribution in [1.29, 1.82) is 0 Å². The third kappa shape index (κ3) is 1.46. The van der Waals surface area contributed by atoms with E-state index in [4.69, 9.17) is 0 Å². The fourth-order valence-corrected chi connectivity index (χ4v) is 3.45. The van der Waals surface area contributed by atoms with Crippen LogP contribution in [-0.2, 0) is 5.60 Å². The zero-order chi connectivity index (χ0) is 10.5. The van der Waals surface area contributed by atoms with E-state index in [2.05, 4.69) is 15.9 Å². The smallest absolute Gasteiger partial charge is 0.0907 e. The Morgan fingerprint density at radius 3 is 2.13 bits per heavy atom. The summed E-state index contributed by atoms with van der Waals surface area (Å²) in [7, 11) is 0. The molecule has 2 saturated carbocycles. The van der Waals surface area contributed by atoms with Crippen LogP contribution >= 0.6 is 15.9 Å². The molecule has 2 aliphatic carbocycles. The first-order valence-corrected chi connectivity index (χ1v) is 6.40. The van der Waals surface area contributed by atoms with Crippen molar-refractivity contribution >= 4 is 15.9 Å². The van der Waals surface area contributed by atoms with E-state index in [9.17, 15) is 5.11 Å². The van der Waals surface area contributed by atoms with Gasteiger partial charge in [0.2, 0.25) is 0 Å². The molecule has 0 amide bonds. The molecule has 15 heavy (non-hydrogen) atoms. The van der Waals surface area contributed by atoms with Gasteiger partial charge in [0.25, 0.3) is 0 Å². The summed E-state index contributed by atoms with van der Waals surface area (Å²) in [5.74, 6) is 0. The molecule has 3 rings (SSSR count). The number of halogens is 1. The summed E-state index contributed by atoms with van der Waals surface area (Å²) >= 11 is 3.42. The molecule has 1 nitrogen and oxygen atoms in total. The minimum absolute atomic E-state index is 0.516. The van der Waals surface area contributed by atoms with Gasteiger partial charge in [0.1, 0.15) is 0 Å². The van der Waals surface area contributed by atoms with E-state index >= 15 is 0 Å². The van der Waals surface area contributed by atoms with Crippen molar-refractivity contribution in [3.63, 3.8) is 0 Å². The Kier molecular flexibility index (Phi) is 2.02. The first-order chi connectivity index (χ1) is 7.12. The minimum atomic E-state index is -0.527. The number of rotatable bonds is 1. The van der Waals surface area contributed by atoms with Crippen LogP contribution in [-0.4, -0.2) is 5.11 Å². The largest absolute Gasteiger partial charge is 0.385 e. The highest BCUT2D eigenvalue weighted by atomic mass is 79.9. The van der Waals surface area contributed by atoms with Gasteiger partial charge in [-0.3, -0.25) is 0 Å². The van der Waals surface area contributed by atoms with Crippen LogP contribution in [0.3, 0.4) is 0 Å². The van der Waals surface area contributed by atoms with Crippen molar-refractivity contribution in [3.8, 4) is 0 Å². The molecule has 0 unspecified atom stereocenters. The van der Waals surface area contributed by atoms with E-state index in [-0.39, 0.29) is 0 Å². The first-order valence-electron chi connectivity index (χ1n) is 5.61. The van der Waals surface area contributed by atoms with E-state index in [1.165, 1.54) is 19.3 Å². The van der Waals surface area contributed by atoms with E-state index in [0.717, 1.165) is 22.9 Å². The van der Waals surface area contributed by atoms with Crippen molar-refractivity contribution in [2.75, 3.05) is 0 Å². The molecule has 80 valence electrons. The Morgan fingerprint density at radius 1 is 1.07 bits per heavy atom. The Morgan fingerprint density at radius 2 is 1.67 bits per heavy atom. The van der Waals surface area contributed by atoms with Crippen molar-refractivity contribution in [3.05, 3.63) is 34.3 Å². The van der Waals surface area contributed by atoms with E-state index in [0.29, 0.717) is 5.41 Å². The van der Waals surface area contributed by atoms with E-state index in [1.807, 2.05) is 24.3 Å². The van der Waals surface area contributed by atoms with Crippen LogP contribution in [0.1, 0.15) is 37.7 Å². The van der Waals surface area contributed by atoms with Crippen LogP contribution in [0.2, 0.25) is 0 Å². The molecule has 0 bridgehead atoms. The molecular weight excluding hydrogens is 252 g/mol. The highest BCUT2D eigenvalue weighted by Gasteiger charge is 2.56. The van der Waals surface area contributed by atoms with E-state index < -0.39 is 5.60 Å². The SMILES string of the molecule is OC1(c2ccc(Br)cc2)CC2(CCC2)C1. The molecule has 0 aliphatic heterocycles. The molecule has 1 aromatic rings. The molecule has 2 heteroatoms. The third-order valence-electron chi connectivity index (χ3n) is 4.13. The van der Waals surface area contributed by atoms with Gasteiger partial charge in [0.15, 0.2) is 0 Å². The first kappa shape index (κ1) is 9.86. The average molecular weight is 267 g/mol. The van der Waals surface area contributed by atoms with Gasteiger partial charge in [-0.1, -0.05) is 34.5 Å². The monoisotopic (exact) mass is 266 g/mol. The van der Waals surface area contributed by atoms with Gasteiger partial charge in [-0.15, -0.1) is 0 Å². The average Bonchev–Trinajstić information content (AvgIpc) is 2.11. The Bertz CT molecular complexity index is 370. The van der Waals surface area contributed by atoms with Crippen molar-refractivity contribution in [1.82, 2.24) is 0 Å². The van der Waals surface area contributed by atoms with Gasteiger partial charge < -0.3 is 5.11 Å². The fraction of sp³-hybridized carbons (Fsp3) is 0.538. The summed E-state index contributed by atoms with van der Waals surface area (Å²) in [6, 6.07) is 8.10. The lowest BCUT2D eigenvalue weighted by molar-refractivity contribution is -0.168. The minimum Gasteiger partial charge on any atom is -0.385 e. The van der Waals surface area contributed by atoms with Crippen LogP contribution in [0.4, 0.5) is 0 Å². The Balaban J connectivity index is 1.80. The van der Waals surface area contributed by atoms with E-state index in [1.54, 1.807) is 0 Å². The molecule has 1 aromatic carbocycles. The normalized spacial score (nSPS) is 25.7. The van der Waals surface area contributed by atoms with Gasteiger partial charge in [-0.25, -0.2) is 0 Å². The molecule has 0 aromatic heterocycles. The van der Waals surface area contributed by atoms with Crippen LogP contribution < -0.4 is 0 Å². The van der Waals surface area contributed by atoms with Gasteiger partial charge in [0.05, 0.1) is 5.60 Å². The summed E-state index contributed by atoms with van der Waals surface area (Å²) in [5.41, 5.74) is 1.08. The molecule has 0 heterocycles. The van der Waals surface area contributed by atoms with Gasteiger partial charge >= 0.3 is 0 Å². The highest BCUT2D eigenvalue weighted by Crippen LogP contribution is 2.63. The molecule has 1 spiro atoms. The summed E-state index contributed by atoms with van der Waals surface area (Å²) < 4.78 is 1.08. The number of hydrogen-bond acceptors (Lipinski definition) is 1. The van der Waals surface area contributed by atoms with Gasteiger partial charge in [-0.05, 0) is 48.8 Å². The second kappa shape index (κ2) is 3.08. The maximum atomic E-state index is 10.5. The van der Waals surface area contributed by atoms with Gasteiger partial charge in [0, 0.05) is 4.47 Å². The third-order valence-corrected chi connectivity index (χ3v) is 4.66. The molecular formula is C13H15BrO. The van der Waals surface area contributed by atoms with Crippen molar-refractivity contribution < 1.29 is 5.11 Å². The Labute approximate surface area is 98.6 Å². The maximum Gasteiger partial charge on any atom is 0.0907 e. The topological polar surface area (TPSA) is 20.2 Å². The predicted molar refractivity (Wildman–Crippen MR) is 63.6 cm³/mol. The molecule has 0 saturated heterocycles. The predicted octanol–water partition coefficient (Wildman–Crippen LogP) is 3.60. The number of benzene rings is 1. The molecule has 2 fully saturated rings. The molecule has 0 radical (unpaired) electrons. The summed E-state index contributed by atoms with van der Waals surface area (Å²) in [5, 5.41) is 10.5. The molecule has 0 atom stereocenters. The molecule has 1 N–H and O–H groups in total. The van der Waals surface area contributed by atoms with Crippen molar-refractivity contribution in [2.45, 2.75) is 37.7 Å². The lowest BCUT2D eigenvalue weighted by atomic mass is 9.48. The second-order valence-corrected chi connectivity index (χ2v) is 6.16. The highest BCUT2D eigenvalue weighted by molar-refractivity contribution is 9.10. The van der Waals surface area contributed by atoms with Crippen LogP contribution in [0.5, 0.6) is 0 Å². The molecule has 2 aliphatic rings. The summed E-state index contributed by atoms with van der Waals surface area (Å²) in [4.78, 5) is 0. The lowest BCUT2D eigenvalue weighted by Crippen LogP contribution is -2.53. The zero-order valence-corrected chi connectivity index (χ0v) is 10.3. The quantitative estimate of drug-likeness (QED) is 0.824. The maximum absolute atomic E-state index is 10.5. The number of aliphatic hydroxyl groups is 1.